The summed E-state index contributed by atoms with van der Waals surface area (Å²) in [6.45, 7) is 2.17. The van der Waals surface area contributed by atoms with E-state index in [1.807, 2.05) is 35.5 Å². The van der Waals surface area contributed by atoms with Crippen molar-refractivity contribution < 1.29 is 9.53 Å². The van der Waals surface area contributed by atoms with Gasteiger partial charge in [-0.25, -0.2) is 4.79 Å². The summed E-state index contributed by atoms with van der Waals surface area (Å²) in [5.41, 5.74) is 2.24. The highest BCUT2D eigenvalue weighted by molar-refractivity contribution is 6.30. The third-order valence-corrected chi connectivity index (χ3v) is 5.55. The van der Waals surface area contributed by atoms with E-state index >= 15 is 0 Å². The Morgan fingerprint density at radius 1 is 1.31 bits per heavy atom. The highest BCUT2D eigenvalue weighted by Gasteiger charge is 2.27. The Hall–Kier alpha value is -2.21. The molecule has 1 aromatic heterocycles. The molecule has 1 unspecified atom stereocenters. The number of halogens is 1. The standard InChI is InChI=1S/C19H23ClN4O2/c20-15-3-4-16-17(2-1-9-26-18(16)10-15)23-19(25)24-7-5-13(6-8-24)14-11-21-22-12-14/h3-4,10-13,17H,1-2,5-9H2,(H,21,22)(H,23,25). The molecule has 3 heterocycles. The number of H-pyrrole nitrogens is 1. The second-order valence-corrected chi connectivity index (χ2v) is 7.40. The van der Waals surface area contributed by atoms with E-state index in [4.69, 9.17) is 16.3 Å². The lowest BCUT2D eigenvalue weighted by atomic mass is 9.92. The number of aromatic amines is 1. The molecule has 138 valence electrons. The molecule has 26 heavy (non-hydrogen) atoms. The molecule has 1 aromatic carbocycles. The van der Waals surface area contributed by atoms with Gasteiger partial charge in [0.1, 0.15) is 5.75 Å². The number of benzene rings is 1. The zero-order valence-corrected chi connectivity index (χ0v) is 15.3. The number of fused-ring (bicyclic) bond motifs is 1. The Morgan fingerprint density at radius 3 is 2.92 bits per heavy atom. The third-order valence-electron chi connectivity index (χ3n) is 5.32. The predicted octanol–water partition coefficient (Wildman–Crippen LogP) is 3.87. The maximum Gasteiger partial charge on any atom is 0.317 e. The first kappa shape index (κ1) is 17.2. The fourth-order valence-electron chi connectivity index (χ4n) is 3.84. The van der Waals surface area contributed by atoms with Gasteiger partial charge in [-0.15, -0.1) is 0 Å². The van der Waals surface area contributed by atoms with Gasteiger partial charge >= 0.3 is 6.03 Å². The Balaban J connectivity index is 1.39. The van der Waals surface area contributed by atoms with Crippen LogP contribution in [0.25, 0.3) is 0 Å². The van der Waals surface area contributed by atoms with E-state index < -0.39 is 0 Å². The topological polar surface area (TPSA) is 70.2 Å². The van der Waals surface area contributed by atoms with Crippen molar-refractivity contribution in [1.29, 1.82) is 0 Å². The number of aromatic nitrogens is 2. The summed E-state index contributed by atoms with van der Waals surface area (Å²) in [6, 6.07) is 5.61. The number of carbonyl (C=O) groups is 1. The van der Waals surface area contributed by atoms with Gasteiger partial charge in [0.15, 0.2) is 0 Å². The second-order valence-electron chi connectivity index (χ2n) is 6.97. The van der Waals surface area contributed by atoms with Crippen LogP contribution in [-0.2, 0) is 0 Å². The number of hydrogen-bond donors (Lipinski definition) is 2. The minimum Gasteiger partial charge on any atom is -0.493 e. The molecule has 0 aliphatic carbocycles. The highest BCUT2D eigenvalue weighted by atomic mass is 35.5. The monoisotopic (exact) mass is 374 g/mol. The molecule has 2 aromatic rings. The first-order chi connectivity index (χ1) is 12.7. The number of ether oxygens (including phenoxy) is 1. The van der Waals surface area contributed by atoms with Crippen LogP contribution in [0.15, 0.2) is 30.6 Å². The van der Waals surface area contributed by atoms with E-state index in [9.17, 15) is 4.79 Å². The van der Waals surface area contributed by atoms with Crippen molar-refractivity contribution in [2.75, 3.05) is 19.7 Å². The average Bonchev–Trinajstić information content (AvgIpc) is 3.12. The lowest BCUT2D eigenvalue weighted by molar-refractivity contribution is 0.177. The van der Waals surface area contributed by atoms with Gasteiger partial charge in [0, 0.05) is 29.9 Å². The van der Waals surface area contributed by atoms with Gasteiger partial charge in [-0.3, -0.25) is 5.10 Å². The van der Waals surface area contributed by atoms with E-state index in [0.29, 0.717) is 17.5 Å². The zero-order chi connectivity index (χ0) is 17.9. The maximum atomic E-state index is 12.8. The average molecular weight is 375 g/mol. The number of nitrogens with one attached hydrogen (secondary N) is 2. The number of rotatable bonds is 2. The fraction of sp³-hybridized carbons (Fsp3) is 0.474. The first-order valence-electron chi connectivity index (χ1n) is 9.17. The quantitative estimate of drug-likeness (QED) is 0.838. The molecule has 7 heteroatoms. The largest absolute Gasteiger partial charge is 0.493 e. The number of hydrogen-bond acceptors (Lipinski definition) is 3. The summed E-state index contributed by atoms with van der Waals surface area (Å²) < 4.78 is 5.78. The summed E-state index contributed by atoms with van der Waals surface area (Å²) >= 11 is 6.08. The number of carbonyl (C=O) groups excluding carboxylic acids is 1. The SMILES string of the molecule is O=C(NC1CCCOc2cc(Cl)ccc21)N1CCC(c2cn[nH]c2)CC1. The van der Waals surface area contributed by atoms with Gasteiger partial charge in [-0.2, -0.15) is 5.10 Å². The Morgan fingerprint density at radius 2 is 2.15 bits per heavy atom. The summed E-state index contributed by atoms with van der Waals surface area (Å²) in [7, 11) is 0. The van der Waals surface area contributed by atoms with Crippen LogP contribution in [0.4, 0.5) is 4.79 Å². The van der Waals surface area contributed by atoms with Crippen LogP contribution < -0.4 is 10.1 Å². The minimum absolute atomic E-state index is 0.00319. The smallest absolute Gasteiger partial charge is 0.317 e. The van der Waals surface area contributed by atoms with Crippen molar-refractivity contribution in [1.82, 2.24) is 20.4 Å². The molecule has 0 spiro atoms. The lowest BCUT2D eigenvalue weighted by Gasteiger charge is -2.33. The summed E-state index contributed by atoms with van der Waals surface area (Å²) in [6.07, 6.45) is 7.54. The van der Waals surface area contributed by atoms with Gasteiger partial charge < -0.3 is 15.0 Å². The lowest BCUT2D eigenvalue weighted by Crippen LogP contribution is -2.45. The Labute approximate surface area is 157 Å². The van der Waals surface area contributed by atoms with Crippen LogP contribution in [-0.4, -0.2) is 40.8 Å². The van der Waals surface area contributed by atoms with Crippen molar-refractivity contribution in [3.63, 3.8) is 0 Å². The van der Waals surface area contributed by atoms with Crippen molar-refractivity contribution in [2.45, 2.75) is 37.6 Å². The number of urea groups is 1. The molecule has 2 aliphatic rings. The molecule has 4 rings (SSSR count). The predicted molar refractivity (Wildman–Crippen MR) is 99.6 cm³/mol. The van der Waals surface area contributed by atoms with E-state index in [1.165, 1.54) is 5.56 Å². The molecule has 0 bridgehead atoms. The maximum absolute atomic E-state index is 12.8. The molecule has 2 amide bonds. The summed E-state index contributed by atoms with van der Waals surface area (Å²) in [4.78, 5) is 14.7. The van der Waals surface area contributed by atoms with Gasteiger partial charge in [-0.1, -0.05) is 17.7 Å². The summed E-state index contributed by atoms with van der Waals surface area (Å²) in [5.74, 6) is 1.26. The van der Waals surface area contributed by atoms with Gasteiger partial charge in [0.05, 0.1) is 18.8 Å². The minimum atomic E-state index is -0.0381. The third kappa shape index (κ3) is 3.65. The van der Waals surface area contributed by atoms with Gasteiger partial charge in [0.2, 0.25) is 0 Å². The van der Waals surface area contributed by atoms with E-state index in [-0.39, 0.29) is 12.1 Å². The van der Waals surface area contributed by atoms with Crippen LogP contribution in [0.5, 0.6) is 5.75 Å². The van der Waals surface area contributed by atoms with Crippen molar-refractivity contribution in [2.24, 2.45) is 0 Å². The molecule has 1 saturated heterocycles. The van der Waals surface area contributed by atoms with E-state index in [2.05, 4.69) is 15.5 Å². The van der Waals surface area contributed by atoms with Crippen LogP contribution in [0, 0.1) is 0 Å². The van der Waals surface area contributed by atoms with E-state index in [0.717, 1.165) is 50.1 Å². The second kappa shape index (κ2) is 7.58. The molecule has 1 fully saturated rings. The highest BCUT2D eigenvalue weighted by Crippen LogP contribution is 2.34. The molecule has 2 N–H and O–H groups in total. The van der Waals surface area contributed by atoms with Crippen molar-refractivity contribution in [3.05, 3.63) is 46.7 Å². The van der Waals surface area contributed by atoms with Crippen LogP contribution in [0.2, 0.25) is 5.02 Å². The van der Waals surface area contributed by atoms with Gasteiger partial charge in [0.25, 0.3) is 0 Å². The number of nitrogens with zero attached hydrogens (tertiary/aromatic N) is 2. The molecule has 2 aliphatic heterocycles. The molecule has 0 saturated carbocycles. The van der Waals surface area contributed by atoms with Crippen molar-refractivity contribution in [3.8, 4) is 5.75 Å². The Bertz CT molecular complexity index is 757. The number of amides is 2. The fourth-order valence-corrected chi connectivity index (χ4v) is 4.00. The number of piperidine rings is 1. The normalized spacial score (nSPS) is 20.8. The molecule has 0 radical (unpaired) electrons. The van der Waals surface area contributed by atoms with Crippen LogP contribution in [0.3, 0.4) is 0 Å². The number of likely N-dealkylation sites (tertiary alicyclic amines) is 1. The zero-order valence-electron chi connectivity index (χ0n) is 14.6. The van der Waals surface area contributed by atoms with Crippen molar-refractivity contribution >= 4 is 17.6 Å². The van der Waals surface area contributed by atoms with E-state index in [1.54, 1.807) is 0 Å². The van der Waals surface area contributed by atoms with Gasteiger partial charge in [-0.05, 0) is 49.3 Å². The first-order valence-corrected chi connectivity index (χ1v) is 9.55. The molecular weight excluding hydrogens is 352 g/mol. The Kier molecular flexibility index (Phi) is 5.02. The van der Waals surface area contributed by atoms with Crippen LogP contribution >= 0.6 is 11.6 Å². The molecule has 1 atom stereocenters. The summed E-state index contributed by atoms with van der Waals surface area (Å²) in [5, 5.41) is 10.7. The molecular formula is C19H23ClN4O2. The van der Waals surface area contributed by atoms with Crippen LogP contribution in [0.1, 0.15) is 48.8 Å². The molecule has 6 nitrogen and oxygen atoms in total.